The SMILES string of the molecule is CC[C@@H](C)[C@H](NC(=O)c1ccc(Oc2nc3ccccc3nc2C)cc1)C(=O)O. The second kappa shape index (κ2) is 8.68. The first-order valence-electron chi connectivity index (χ1n) is 9.44. The van der Waals surface area contributed by atoms with Gasteiger partial charge in [0, 0.05) is 5.56 Å². The molecular formula is C22H23N3O4. The van der Waals surface area contributed by atoms with Crippen LogP contribution in [0.25, 0.3) is 11.0 Å². The van der Waals surface area contributed by atoms with E-state index in [-0.39, 0.29) is 5.92 Å². The number of carbonyl (C=O) groups is 2. The number of carboxylic acids is 1. The third-order valence-electron chi connectivity index (χ3n) is 4.80. The Morgan fingerprint density at radius 3 is 2.28 bits per heavy atom. The zero-order valence-electron chi connectivity index (χ0n) is 16.5. The summed E-state index contributed by atoms with van der Waals surface area (Å²) in [6.45, 7) is 5.50. The van der Waals surface area contributed by atoms with E-state index < -0.39 is 17.9 Å². The van der Waals surface area contributed by atoms with Gasteiger partial charge in [0.1, 0.15) is 17.5 Å². The van der Waals surface area contributed by atoms with Gasteiger partial charge in [-0.25, -0.2) is 14.8 Å². The molecule has 3 aromatic rings. The number of benzene rings is 2. The molecule has 0 aliphatic rings. The van der Waals surface area contributed by atoms with Crippen LogP contribution in [0.15, 0.2) is 48.5 Å². The first-order valence-corrected chi connectivity index (χ1v) is 9.44. The molecule has 0 saturated heterocycles. The normalized spacial score (nSPS) is 12.9. The third-order valence-corrected chi connectivity index (χ3v) is 4.80. The average molecular weight is 393 g/mol. The van der Waals surface area contributed by atoms with Crippen LogP contribution in [-0.2, 0) is 4.79 Å². The summed E-state index contributed by atoms with van der Waals surface area (Å²) in [5.41, 5.74) is 2.53. The molecule has 0 spiro atoms. The maximum absolute atomic E-state index is 12.4. The summed E-state index contributed by atoms with van der Waals surface area (Å²) in [6.07, 6.45) is 0.649. The predicted molar refractivity (Wildman–Crippen MR) is 109 cm³/mol. The molecule has 0 aliphatic carbocycles. The van der Waals surface area contributed by atoms with Gasteiger partial charge < -0.3 is 15.2 Å². The van der Waals surface area contributed by atoms with E-state index in [2.05, 4.69) is 15.3 Å². The summed E-state index contributed by atoms with van der Waals surface area (Å²) in [7, 11) is 0. The van der Waals surface area contributed by atoms with Gasteiger partial charge in [-0.15, -0.1) is 0 Å². The van der Waals surface area contributed by atoms with Crippen molar-refractivity contribution >= 4 is 22.9 Å². The number of hydrogen-bond acceptors (Lipinski definition) is 5. The number of carbonyl (C=O) groups excluding carboxylic acids is 1. The number of ether oxygens (including phenoxy) is 1. The van der Waals surface area contributed by atoms with E-state index in [1.54, 1.807) is 31.2 Å². The van der Waals surface area contributed by atoms with E-state index in [9.17, 15) is 14.7 Å². The fourth-order valence-electron chi connectivity index (χ4n) is 2.86. The largest absolute Gasteiger partial charge is 0.480 e. The predicted octanol–water partition coefficient (Wildman–Crippen LogP) is 3.96. The number of rotatable bonds is 7. The van der Waals surface area contributed by atoms with Crippen molar-refractivity contribution in [1.82, 2.24) is 15.3 Å². The van der Waals surface area contributed by atoms with Crippen molar-refractivity contribution in [2.24, 2.45) is 5.92 Å². The van der Waals surface area contributed by atoms with Crippen LogP contribution in [0, 0.1) is 12.8 Å². The molecule has 2 atom stereocenters. The van der Waals surface area contributed by atoms with Crippen LogP contribution in [0.5, 0.6) is 11.6 Å². The van der Waals surface area contributed by atoms with Crippen LogP contribution < -0.4 is 10.1 Å². The number of aromatic nitrogens is 2. The molecule has 150 valence electrons. The fourth-order valence-corrected chi connectivity index (χ4v) is 2.86. The minimum absolute atomic E-state index is 0.173. The van der Waals surface area contributed by atoms with Gasteiger partial charge in [-0.05, 0) is 49.2 Å². The number of para-hydroxylation sites is 2. The lowest BCUT2D eigenvalue weighted by atomic mass is 9.99. The standard InChI is InChI=1S/C22H23N3O4/c1-4-13(2)19(22(27)28)25-20(26)15-9-11-16(12-10-15)29-21-14(3)23-17-7-5-6-8-18(17)24-21/h5-13,19H,4H2,1-3H3,(H,25,26)(H,27,28)/t13-,19+/m1/s1. The molecule has 1 heterocycles. The number of amides is 1. The summed E-state index contributed by atoms with van der Waals surface area (Å²) in [4.78, 5) is 32.8. The zero-order valence-corrected chi connectivity index (χ0v) is 16.5. The quantitative estimate of drug-likeness (QED) is 0.630. The van der Waals surface area contributed by atoms with Crippen molar-refractivity contribution in [2.45, 2.75) is 33.2 Å². The molecule has 0 unspecified atom stereocenters. The van der Waals surface area contributed by atoms with Crippen molar-refractivity contribution < 1.29 is 19.4 Å². The number of nitrogens with one attached hydrogen (secondary N) is 1. The Morgan fingerprint density at radius 2 is 1.69 bits per heavy atom. The molecule has 0 bridgehead atoms. The molecule has 7 nitrogen and oxygen atoms in total. The van der Waals surface area contributed by atoms with Crippen LogP contribution >= 0.6 is 0 Å². The fraction of sp³-hybridized carbons (Fsp3) is 0.273. The number of hydrogen-bond donors (Lipinski definition) is 2. The second-order valence-electron chi connectivity index (χ2n) is 6.90. The highest BCUT2D eigenvalue weighted by molar-refractivity contribution is 5.96. The minimum Gasteiger partial charge on any atom is -0.480 e. The van der Waals surface area contributed by atoms with Gasteiger partial charge in [0.05, 0.1) is 11.0 Å². The van der Waals surface area contributed by atoms with Crippen LogP contribution in [0.3, 0.4) is 0 Å². The lowest BCUT2D eigenvalue weighted by Crippen LogP contribution is -2.45. The number of aryl methyl sites for hydroxylation is 1. The van der Waals surface area contributed by atoms with Gasteiger partial charge >= 0.3 is 5.97 Å². The first-order chi connectivity index (χ1) is 13.9. The maximum Gasteiger partial charge on any atom is 0.326 e. The van der Waals surface area contributed by atoms with Crippen LogP contribution in [0.2, 0.25) is 0 Å². The first kappa shape index (κ1) is 20.3. The lowest BCUT2D eigenvalue weighted by molar-refractivity contribution is -0.140. The number of carboxylic acid groups (broad SMARTS) is 1. The molecule has 7 heteroatoms. The number of fused-ring (bicyclic) bond motifs is 1. The molecule has 2 aromatic carbocycles. The summed E-state index contributed by atoms with van der Waals surface area (Å²) in [5.74, 6) is -0.757. The molecular weight excluding hydrogens is 370 g/mol. The molecule has 0 saturated carbocycles. The Morgan fingerprint density at radius 1 is 1.07 bits per heavy atom. The smallest absolute Gasteiger partial charge is 0.326 e. The van der Waals surface area contributed by atoms with E-state index in [0.717, 1.165) is 11.0 Å². The van der Waals surface area contributed by atoms with Crippen LogP contribution in [-0.4, -0.2) is 33.0 Å². The summed E-state index contributed by atoms with van der Waals surface area (Å²) >= 11 is 0. The Kier molecular flexibility index (Phi) is 6.07. The monoisotopic (exact) mass is 393 g/mol. The van der Waals surface area contributed by atoms with Crippen LogP contribution in [0.1, 0.15) is 36.3 Å². The summed E-state index contributed by atoms with van der Waals surface area (Å²) in [5, 5.41) is 11.9. The van der Waals surface area contributed by atoms with Gasteiger partial charge in [0.15, 0.2) is 0 Å². The van der Waals surface area contributed by atoms with E-state index in [0.29, 0.717) is 29.3 Å². The Balaban J connectivity index is 1.74. The highest BCUT2D eigenvalue weighted by atomic mass is 16.5. The topological polar surface area (TPSA) is 101 Å². The highest BCUT2D eigenvalue weighted by Crippen LogP contribution is 2.24. The Hall–Kier alpha value is -3.48. The van der Waals surface area contributed by atoms with Crippen LogP contribution in [0.4, 0.5) is 0 Å². The maximum atomic E-state index is 12.4. The van der Waals surface area contributed by atoms with E-state index in [1.807, 2.05) is 38.1 Å². The highest BCUT2D eigenvalue weighted by Gasteiger charge is 2.25. The third kappa shape index (κ3) is 4.68. The van der Waals surface area contributed by atoms with Gasteiger partial charge in [-0.1, -0.05) is 32.4 Å². The van der Waals surface area contributed by atoms with E-state index in [1.165, 1.54) is 0 Å². The Labute approximate surface area is 168 Å². The average Bonchev–Trinajstić information content (AvgIpc) is 2.72. The van der Waals surface area contributed by atoms with E-state index >= 15 is 0 Å². The van der Waals surface area contributed by atoms with Crippen molar-refractivity contribution in [3.05, 3.63) is 59.8 Å². The summed E-state index contributed by atoms with van der Waals surface area (Å²) < 4.78 is 5.83. The summed E-state index contributed by atoms with van der Waals surface area (Å²) in [6, 6.07) is 13.1. The number of nitrogens with zero attached hydrogens (tertiary/aromatic N) is 2. The van der Waals surface area contributed by atoms with Gasteiger partial charge in [0.25, 0.3) is 5.91 Å². The number of aliphatic carboxylic acids is 1. The molecule has 1 aromatic heterocycles. The molecule has 3 rings (SSSR count). The Bertz CT molecular complexity index is 1030. The van der Waals surface area contributed by atoms with Crippen molar-refractivity contribution in [2.75, 3.05) is 0 Å². The van der Waals surface area contributed by atoms with Crippen molar-refractivity contribution in [3.8, 4) is 11.6 Å². The van der Waals surface area contributed by atoms with Crippen molar-refractivity contribution in [1.29, 1.82) is 0 Å². The van der Waals surface area contributed by atoms with Gasteiger partial charge in [-0.2, -0.15) is 0 Å². The molecule has 0 aliphatic heterocycles. The molecule has 0 radical (unpaired) electrons. The van der Waals surface area contributed by atoms with E-state index in [4.69, 9.17) is 4.74 Å². The van der Waals surface area contributed by atoms with Crippen molar-refractivity contribution in [3.63, 3.8) is 0 Å². The molecule has 29 heavy (non-hydrogen) atoms. The van der Waals surface area contributed by atoms with Gasteiger partial charge in [0.2, 0.25) is 5.88 Å². The minimum atomic E-state index is -1.04. The molecule has 1 amide bonds. The molecule has 0 fully saturated rings. The lowest BCUT2D eigenvalue weighted by Gasteiger charge is -2.20. The molecule has 2 N–H and O–H groups in total. The second-order valence-corrected chi connectivity index (χ2v) is 6.90. The van der Waals surface area contributed by atoms with Gasteiger partial charge in [-0.3, -0.25) is 4.79 Å². The zero-order chi connectivity index (χ0) is 21.0.